The number of rotatable bonds is 7. The van der Waals surface area contributed by atoms with Crippen molar-refractivity contribution in [3.63, 3.8) is 0 Å². The Morgan fingerprint density at radius 1 is 1.35 bits per heavy atom. The van der Waals surface area contributed by atoms with Gasteiger partial charge in [0.05, 0.1) is 6.20 Å². The van der Waals surface area contributed by atoms with Crippen LogP contribution in [0.5, 0.6) is 0 Å². The van der Waals surface area contributed by atoms with Gasteiger partial charge in [-0.3, -0.25) is 4.68 Å². The molecule has 5 heteroatoms. The van der Waals surface area contributed by atoms with E-state index in [0.29, 0.717) is 6.04 Å². The highest BCUT2D eigenvalue weighted by Crippen LogP contribution is 2.36. The molecule has 0 radical (unpaired) electrons. The predicted octanol–water partition coefficient (Wildman–Crippen LogP) is 3.05. The first-order valence-electron chi connectivity index (χ1n) is 7.76. The van der Waals surface area contributed by atoms with E-state index in [1.807, 2.05) is 10.9 Å². The van der Waals surface area contributed by atoms with Gasteiger partial charge < -0.3 is 5.32 Å². The lowest BCUT2D eigenvalue weighted by atomic mass is 10.0. The van der Waals surface area contributed by atoms with Crippen LogP contribution in [-0.2, 0) is 13.0 Å². The minimum atomic E-state index is 0.567. The average molecular weight is 314 g/mol. The lowest BCUT2D eigenvalue weighted by Gasteiger charge is -2.36. The lowest BCUT2D eigenvalue weighted by Crippen LogP contribution is -2.46. The molecule has 3 atom stereocenters. The number of hydrogen-bond donors (Lipinski definition) is 1. The molecule has 1 aliphatic rings. The molecule has 1 N–H and O–H groups in total. The van der Waals surface area contributed by atoms with Gasteiger partial charge in [0.15, 0.2) is 0 Å². The summed E-state index contributed by atoms with van der Waals surface area (Å²) in [6.07, 6.45) is 6.61. The number of thioether (sulfide) groups is 2. The fourth-order valence-electron chi connectivity index (χ4n) is 2.82. The van der Waals surface area contributed by atoms with Crippen molar-refractivity contribution >= 4 is 23.5 Å². The Hall–Kier alpha value is -0.130. The van der Waals surface area contributed by atoms with Crippen LogP contribution < -0.4 is 5.32 Å². The Balaban J connectivity index is 2.04. The normalized spacial score (nSPS) is 24.8. The molecule has 3 nitrogen and oxygen atoms in total. The molecule has 1 aromatic rings. The predicted molar refractivity (Wildman–Crippen MR) is 91.9 cm³/mol. The van der Waals surface area contributed by atoms with Gasteiger partial charge in [0.2, 0.25) is 0 Å². The van der Waals surface area contributed by atoms with Crippen molar-refractivity contribution < 1.29 is 0 Å². The summed E-state index contributed by atoms with van der Waals surface area (Å²) < 4.78 is 2.03. The first kappa shape index (κ1) is 16.2. The number of aryl methyl sites for hydroxylation is 1. The van der Waals surface area contributed by atoms with Crippen LogP contribution in [0.4, 0.5) is 0 Å². The third-order valence-electron chi connectivity index (χ3n) is 3.82. The largest absolute Gasteiger partial charge is 0.313 e. The number of hydrogen-bond acceptors (Lipinski definition) is 4. The third-order valence-corrected chi connectivity index (χ3v) is 7.23. The number of nitrogens with zero attached hydrogens (tertiary/aromatic N) is 2. The van der Waals surface area contributed by atoms with Gasteiger partial charge >= 0.3 is 0 Å². The van der Waals surface area contributed by atoms with E-state index < -0.39 is 0 Å². The summed E-state index contributed by atoms with van der Waals surface area (Å²) in [5.74, 6) is 2.61. The molecule has 0 saturated carbocycles. The summed E-state index contributed by atoms with van der Waals surface area (Å²) in [5.41, 5.74) is 1.36. The monoisotopic (exact) mass is 313 g/mol. The SMILES string of the molecule is CCNC(Cc1cnn(CC)c1)C1SCCSC1CC. The van der Waals surface area contributed by atoms with E-state index >= 15 is 0 Å². The molecule has 0 aliphatic carbocycles. The van der Waals surface area contributed by atoms with Gasteiger partial charge in [0.25, 0.3) is 0 Å². The standard InChI is InChI=1S/C15H27N3S2/c1-4-14-15(20-8-7-19-14)13(16-5-2)9-12-10-17-18(6-3)11-12/h10-11,13-16H,4-9H2,1-3H3. The number of aromatic nitrogens is 2. The molecule has 2 rings (SSSR count). The van der Waals surface area contributed by atoms with Crippen molar-refractivity contribution in [2.75, 3.05) is 18.1 Å². The van der Waals surface area contributed by atoms with E-state index in [1.165, 1.54) is 23.5 Å². The maximum absolute atomic E-state index is 4.41. The van der Waals surface area contributed by atoms with Crippen molar-refractivity contribution in [1.29, 1.82) is 0 Å². The molecular formula is C15H27N3S2. The van der Waals surface area contributed by atoms with Crippen LogP contribution in [0.2, 0.25) is 0 Å². The second-order valence-electron chi connectivity index (χ2n) is 5.23. The van der Waals surface area contributed by atoms with Crippen molar-refractivity contribution in [1.82, 2.24) is 15.1 Å². The Morgan fingerprint density at radius 2 is 2.15 bits per heavy atom. The smallest absolute Gasteiger partial charge is 0.0522 e. The molecular weight excluding hydrogens is 286 g/mol. The zero-order chi connectivity index (χ0) is 14.4. The molecule has 0 spiro atoms. The van der Waals surface area contributed by atoms with Crippen molar-refractivity contribution in [2.45, 2.75) is 56.7 Å². The minimum absolute atomic E-state index is 0.567. The highest BCUT2D eigenvalue weighted by Gasteiger charge is 2.31. The molecule has 2 heterocycles. The molecule has 20 heavy (non-hydrogen) atoms. The second-order valence-corrected chi connectivity index (χ2v) is 7.86. The maximum Gasteiger partial charge on any atom is 0.0522 e. The summed E-state index contributed by atoms with van der Waals surface area (Å²) in [6, 6.07) is 0.567. The Kier molecular flexibility index (Phi) is 6.78. The van der Waals surface area contributed by atoms with E-state index in [-0.39, 0.29) is 0 Å². The van der Waals surface area contributed by atoms with Gasteiger partial charge in [-0.15, -0.1) is 0 Å². The zero-order valence-corrected chi connectivity index (χ0v) is 14.5. The molecule has 0 amide bonds. The van der Waals surface area contributed by atoms with Crippen LogP contribution in [-0.4, -0.2) is 44.4 Å². The maximum atomic E-state index is 4.41. The minimum Gasteiger partial charge on any atom is -0.313 e. The van der Waals surface area contributed by atoms with Crippen LogP contribution in [0.3, 0.4) is 0 Å². The Labute approximate surface area is 131 Å². The van der Waals surface area contributed by atoms with E-state index in [0.717, 1.165) is 30.0 Å². The van der Waals surface area contributed by atoms with Gasteiger partial charge in [0, 0.05) is 40.8 Å². The van der Waals surface area contributed by atoms with Gasteiger partial charge in [0.1, 0.15) is 0 Å². The van der Waals surface area contributed by atoms with Crippen LogP contribution in [0.15, 0.2) is 12.4 Å². The molecule has 1 aromatic heterocycles. The topological polar surface area (TPSA) is 29.9 Å². The lowest BCUT2D eigenvalue weighted by molar-refractivity contribution is 0.490. The molecule has 0 bridgehead atoms. The fourth-order valence-corrected chi connectivity index (χ4v) is 6.08. The average Bonchev–Trinajstić information content (AvgIpc) is 2.94. The van der Waals surface area contributed by atoms with Crippen molar-refractivity contribution in [3.05, 3.63) is 18.0 Å². The molecule has 0 aromatic carbocycles. The second kappa shape index (κ2) is 8.35. The van der Waals surface area contributed by atoms with E-state index in [4.69, 9.17) is 0 Å². The Morgan fingerprint density at radius 3 is 2.80 bits per heavy atom. The van der Waals surface area contributed by atoms with Crippen molar-refractivity contribution in [2.24, 2.45) is 0 Å². The van der Waals surface area contributed by atoms with Gasteiger partial charge in [-0.05, 0) is 31.9 Å². The van der Waals surface area contributed by atoms with Gasteiger partial charge in [-0.1, -0.05) is 13.8 Å². The Bertz CT molecular complexity index is 394. The third kappa shape index (κ3) is 4.18. The van der Waals surface area contributed by atoms with Crippen molar-refractivity contribution in [3.8, 4) is 0 Å². The summed E-state index contributed by atoms with van der Waals surface area (Å²) in [7, 11) is 0. The molecule has 1 saturated heterocycles. The summed E-state index contributed by atoms with van der Waals surface area (Å²) in [6.45, 7) is 8.68. The van der Waals surface area contributed by atoms with E-state index in [9.17, 15) is 0 Å². The highest BCUT2D eigenvalue weighted by molar-refractivity contribution is 8.07. The van der Waals surface area contributed by atoms with Gasteiger partial charge in [-0.25, -0.2) is 0 Å². The van der Waals surface area contributed by atoms with E-state index in [2.05, 4.69) is 60.9 Å². The quantitative estimate of drug-likeness (QED) is 0.838. The number of nitrogens with one attached hydrogen (secondary N) is 1. The summed E-state index contributed by atoms with van der Waals surface area (Å²) in [5, 5.41) is 9.65. The zero-order valence-electron chi connectivity index (χ0n) is 12.8. The fraction of sp³-hybridized carbons (Fsp3) is 0.800. The van der Waals surface area contributed by atoms with Crippen LogP contribution >= 0.6 is 23.5 Å². The first-order chi connectivity index (χ1) is 9.78. The van der Waals surface area contributed by atoms with Crippen LogP contribution in [0.25, 0.3) is 0 Å². The molecule has 1 aliphatic heterocycles. The van der Waals surface area contributed by atoms with Gasteiger partial charge in [-0.2, -0.15) is 28.6 Å². The van der Waals surface area contributed by atoms with E-state index in [1.54, 1.807) is 0 Å². The highest BCUT2D eigenvalue weighted by atomic mass is 32.2. The summed E-state index contributed by atoms with van der Waals surface area (Å²) >= 11 is 4.33. The van der Waals surface area contributed by atoms with Crippen LogP contribution in [0.1, 0.15) is 32.8 Å². The summed E-state index contributed by atoms with van der Waals surface area (Å²) in [4.78, 5) is 0. The molecule has 1 fully saturated rings. The number of likely N-dealkylation sites (N-methyl/N-ethyl adjacent to an activating group) is 1. The molecule has 3 unspecified atom stereocenters. The molecule has 114 valence electrons. The van der Waals surface area contributed by atoms with Crippen LogP contribution in [0, 0.1) is 0 Å². The first-order valence-corrected chi connectivity index (χ1v) is 9.86.